The van der Waals surface area contributed by atoms with Crippen molar-refractivity contribution in [3.05, 3.63) is 111 Å². The molecule has 4 aromatic rings. The topological polar surface area (TPSA) is 57.8 Å². The van der Waals surface area contributed by atoms with E-state index in [1.807, 2.05) is 31.2 Å². The highest BCUT2D eigenvalue weighted by molar-refractivity contribution is 5.77. The van der Waals surface area contributed by atoms with Gasteiger partial charge in [0.2, 0.25) is 0 Å². The van der Waals surface area contributed by atoms with Gasteiger partial charge in [0.25, 0.3) is 5.56 Å². The van der Waals surface area contributed by atoms with Crippen LogP contribution in [-0.2, 0) is 6.42 Å². The summed E-state index contributed by atoms with van der Waals surface area (Å²) in [6, 6.07) is 21.6. The number of rotatable bonds is 6. The van der Waals surface area contributed by atoms with E-state index in [0.717, 1.165) is 17.5 Å². The number of aromatic amines is 1. The number of aromatic nitrogens is 2. The molecule has 30 heavy (non-hydrogen) atoms. The molecule has 0 radical (unpaired) electrons. The van der Waals surface area contributed by atoms with Crippen LogP contribution in [0, 0.1) is 5.82 Å². The first kappa shape index (κ1) is 20.0. The molecule has 1 heterocycles. The molecular formula is C25H24FN3O. The zero-order chi connectivity index (χ0) is 21.1. The van der Waals surface area contributed by atoms with Crippen molar-refractivity contribution in [2.24, 2.45) is 0 Å². The maximum atomic E-state index is 14.0. The highest BCUT2D eigenvalue weighted by atomic mass is 19.1. The summed E-state index contributed by atoms with van der Waals surface area (Å²) in [6.45, 7) is 4.06. The largest absolute Gasteiger partial charge is 0.309 e. The molecule has 0 aliphatic heterocycles. The molecule has 0 spiro atoms. The molecule has 0 bridgehead atoms. The molecule has 2 N–H and O–H groups in total. The molecule has 1 aromatic heterocycles. The third kappa shape index (κ3) is 4.16. The van der Waals surface area contributed by atoms with Gasteiger partial charge in [-0.2, -0.15) is 0 Å². The number of aryl methyl sites for hydroxylation is 1. The predicted octanol–water partition coefficient (Wildman–Crippen LogP) is 5.06. The van der Waals surface area contributed by atoms with Crippen molar-refractivity contribution in [1.82, 2.24) is 15.3 Å². The Morgan fingerprint density at radius 2 is 1.77 bits per heavy atom. The molecule has 4 rings (SSSR count). The van der Waals surface area contributed by atoms with E-state index in [1.54, 1.807) is 12.1 Å². The minimum Gasteiger partial charge on any atom is -0.309 e. The monoisotopic (exact) mass is 401 g/mol. The van der Waals surface area contributed by atoms with Crippen LogP contribution in [0.5, 0.6) is 0 Å². The van der Waals surface area contributed by atoms with Gasteiger partial charge in [-0.15, -0.1) is 0 Å². The highest BCUT2D eigenvalue weighted by Gasteiger charge is 2.20. The molecule has 2 atom stereocenters. The number of nitrogens with one attached hydrogen (secondary N) is 2. The van der Waals surface area contributed by atoms with Crippen LogP contribution in [0.25, 0.3) is 10.9 Å². The summed E-state index contributed by atoms with van der Waals surface area (Å²) in [5.41, 5.74) is 3.56. The van der Waals surface area contributed by atoms with Gasteiger partial charge in [0.05, 0.1) is 23.0 Å². The van der Waals surface area contributed by atoms with E-state index in [4.69, 9.17) is 0 Å². The van der Waals surface area contributed by atoms with E-state index in [2.05, 4.69) is 46.5 Å². The van der Waals surface area contributed by atoms with Gasteiger partial charge in [-0.25, -0.2) is 9.37 Å². The molecule has 0 saturated carbocycles. The summed E-state index contributed by atoms with van der Waals surface area (Å²) in [6.07, 6.45) is 0.955. The van der Waals surface area contributed by atoms with Crippen molar-refractivity contribution in [3.8, 4) is 0 Å². The number of H-pyrrole nitrogens is 1. The molecule has 0 saturated heterocycles. The first-order chi connectivity index (χ1) is 14.5. The summed E-state index contributed by atoms with van der Waals surface area (Å²) in [5, 5.41) is 4.08. The van der Waals surface area contributed by atoms with Crippen LogP contribution in [-0.4, -0.2) is 9.97 Å². The number of halogens is 1. The van der Waals surface area contributed by atoms with E-state index < -0.39 is 0 Å². The minimum atomic E-state index is -0.283. The van der Waals surface area contributed by atoms with Gasteiger partial charge in [0.15, 0.2) is 0 Å². The van der Waals surface area contributed by atoms with Crippen molar-refractivity contribution < 1.29 is 4.39 Å². The van der Waals surface area contributed by atoms with Gasteiger partial charge in [-0.05, 0) is 54.3 Å². The Morgan fingerprint density at radius 1 is 1.00 bits per heavy atom. The van der Waals surface area contributed by atoms with Crippen molar-refractivity contribution in [2.45, 2.75) is 32.4 Å². The van der Waals surface area contributed by atoms with Gasteiger partial charge in [-0.1, -0.05) is 55.5 Å². The molecule has 0 amide bonds. The quantitative estimate of drug-likeness (QED) is 0.475. The summed E-state index contributed by atoms with van der Waals surface area (Å²) in [4.78, 5) is 20.0. The lowest BCUT2D eigenvalue weighted by atomic mass is 9.96. The lowest BCUT2D eigenvalue weighted by molar-refractivity contribution is 0.494. The number of fused-ring (bicyclic) bond motifs is 1. The highest BCUT2D eigenvalue weighted by Crippen LogP contribution is 2.26. The van der Waals surface area contributed by atoms with E-state index in [0.29, 0.717) is 16.7 Å². The Kier molecular flexibility index (Phi) is 5.72. The van der Waals surface area contributed by atoms with Gasteiger partial charge in [0.1, 0.15) is 11.6 Å². The molecule has 4 nitrogen and oxygen atoms in total. The van der Waals surface area contributed by atoms with Crippen molar-refractivity contribution in [2.75, 3.05) is 0 Å². The number of para-hydroxylation sites is 1. The zero-order valence-corrected chi connectivity index (χ0v) is 17.0. The average Bonchev–Trinajstić information content (AvgIpc) is 2.77. The number of hydrogen-bond donors (Lipinski definition) is 2. The van der Waals surface area contributed by atoms with Crippen molar-refractivity contribution in [1.29, 1.82) is 0 Å². The molecule has 3 aromatic carbocycles. The molecule has 152 valence electrons. The van der Waals surface area contributed by atoms with E-state index in [1.165, 1.54) is 17.7 Å². The lowest BCUT2D eigenvalue weighted by Crippen LogP contribution is -2.28. The van der Waals surface area contributed by atoms with Crippen LogP contribution < -0.4 is 10.9 Å². The zero-order valence-electron chi connectivity index (χ0n) is 17.0. The molecule has 0 unspecified atom stereocenters. The van der Waals surface area contributed by atoms with E-state index in [-0.39, 0.29) is 23.5 Å². The molecule has 0 aliphatic rings. The molecular weight excluding hydrogens is 377 g/mol. The standard InChI is InChI=1S/C25H24FN3O/c1-3-17-11-13-18(14-12-17)23(19-7-6-8-20(26)15-19)27-16(2)24-28-22-10-5-4-9-21(22)25(30)29-24/h4-16,23,27H,3H2,1-2H3,(H,28,29,30)/t16-,23+/m1/s1. The van der Waals surface area contributed by atoms with E-state index >= 15 is 0 Å². The van der Waals surface area contributed by atoms with E-state index in [9.17, 15) is 9.18 Å². The predicted molar refractivity (Wildman–Crippen MR) is 118 cm³/mol. The third-order valence-electron chi connectivity index (χ3n) is 5.36. The number of benzene rings is 3. The van der Waals surface area contributed by atoms with Crippen LogP contribution in [0.3, 0.4) is 0 Å². The van der Waals surface area contributed by atoms with Crippen molar-refractivity contribution in [3.63, 3.8) is 0 Å². The Balaban J connectivity index is 1.71. The van der Waals surface area contributed by atoms with Gasteiger partial charge in [0, 0.05) is 0 Å². The van der Waals surface area contributed by atoms with Crippen LogP contribution >= 0.6 is 0 Å². The fraction of sp³-hybridized carbons (Fsp3) is 0.200. The second kappa shape index (κ2) is 8.59. The third-order valence-corrected chi connectivity index (χ3v) is 5.36. The maximum Gasteiger partial charge on any atom is 0.258 e. The summed E-state index contributed by atoms with van der Waals surface area (Å²) in [7, 11) is 0. The Bertz CT molecular complexity index is 1220. The summed E-state index contributed by atoms with van der Waals surface area (Å²) in [5.74, 6) is 0.264. The van der Waals surface area contributed by atoms with Gasteiger partial charge in [-0.3, -0.25) is 10.1 Å². The van der Waals surface area contributed by atoms with Crippen LogP contribution in [0.15, 0.2) is 77.6 Å². The minimum absolute atomic E-state index is 0.168. The second-order valence-electron chi connectivity index (χ2n) is 7.44. The normalized spacial score (nSPS) is 13.3. The van der Waals surface area contributed by atoms with Crippen LogP contribution in [0.1, 0.15) is 48.4 Å². The van der Waals surface area contributed by atoms with Crippen LogP contribution in [0.4, 0.5) is 4.39 Å². The second-order valence-corrected chi connectivity index (χ2v) is 7.44. The van der Waals surface area contributed by atoms with Crippen LogP contribution in [0.2, 0.25) is 0 Å². The fourth-order valence-corrected chi connectivity index (χ4v) is 3.66. The maximum absolute atomic E-state index is 14.0. The fourth-order valence-electron chi connectivity index (χ4n) is 3.66. The first-order valence-corrected chi connectivity index (χ1v) is 10.1. The lowest BCUT2D eigenvalue weighted by Gasteiger charge is -2.24. The summed E-state index contributed by atoms with van der Waals surface area (Å²) < 4.78 is 14.0. The molecule has 0 aliphatic carbocycles. The Labute approximate surface area is 174 Å². The molecule has 5 heteroatoms. The Morgan fingerprint density at radius 3 is 2.50 bits per heavy atom. The average molecular weight is 401 g/mol. The first-order valence-electron chi connectivity index (χ1n) is 10.1. The summed E-state index contributed by atoms with van der Waals surface area (Å²) >= 11 is 0. The molecule has 0 fully saturated rings. The smallest absolute Gasteiger partial charge is 0.258 e. The van der Waals surface area contributed by atoms with Crippen molar-refractivity contribution >= 4 is 10.9 Å². The number of hydrogen-bond acceptors (Lipinski definition) is 3. The van der Waals surface area contributed by atoms with Gasteiger partial charge >= 0.3 is 0 Å². The SMILES string of the molecule is CCc1ccc([C@H](N[C@H](C)c2nc3ccccc3c(=O)[nH]2)c2cccc(F)c2)cc1. The Hall–Kier alpha value is -3.31. The number of nitrogens with zero attached hydrogens (tertiary/aromatic N) is 1. The van der Waals surface area contributed by atoms with Gasteiger partial charge < -0.3 is 4.98 Å².